The minimum absolute atomic E-state index is 0.0219. The Morgan fingerprint density at radius 3 is 2.92 bits per heavy atom. The number of benzene rings is 1. The highest BCUT2D eigenvalue weighted by Crippen LogP contribution is 2.33. The lowest BCUT2D eigenvalue weighted by Gasteiger charge is -2.03. The Labute approximate surface area is 76.9 Å². The van der Waals surface area contributed by atoms with Crippen molar-refractivity contribution in [3.8, 4) is 0 Å². The van der Waals surface area contributed by atoms with Crippen LogP contribution in [0.2, 0.25) is 0 Å². The van der Waals surface area contributed by atoms with Gasteiger partial charge >= 0.3 is 0 Å². The quantitative estimate of drug-likeness (QED) is 0.673. The van der Waals surface area contributed by atoms with E-state index in [2.05, 4.69) is 11.1 Å². The number of carbonyl (C=O) groups excluding carboxylic acids is 1. The summed E-state index contributed by atoms with van der Waals surface area (Å²) in [5, 5.41) is 2.87. The molecule has 13 heavy (non-hydrogen) atoms. The van der Waals surface area contributed by atoms with Gasteiger partial charge in [0.15, 0.2) is 0 Å². The molecule has 1 heterocycles. The van der Waals surface area contributed by atoms with Crippen molar-refractivity contribution in [1.82, 2.24) is 0 Å². The van der Waals surface area contributed by atoms with E-state index in [1.807, 2.05) is 24.3 Å². The molecule has 0 radical (unpaired) electrons. The summed E-state index contributed by atoms with van der Waals surface area (Å²) in [5.74, 6) is 0.138. The summed E-state index contributed by atoms with van der Waals surface area (Å²) in [4.78, 5) is 11.5. The Hall–Kier alpha value is -1.35. The van der Waals surface area contributed by atoms with Crippen LogP contribution in [0.4, 0.5) is 5.69 Å². The van der Waals surface area contributed by atoms with Crippen LogP contribution in [0.1, 0.15) is 17.9 Å². The van der Waals surface area contributed by atoms with Gasteiger partial charge in [0, 0.05) is 12.1 Å². The van der Waals surface area contributed by atoms with E-state index >= 15 is 0 Å². The summed E-state index contributed by atoms with van der Waals surface area (Å²) in [6.07, 6.45) is 0.836. The molecular weight excluding hydrogens is 164 g/mol. The first-order valence-corrected chi connectivity index (χ1v) is 4.52. The molecule has 1 atom stereocenters. The second kappa shape index (κ2) is 3.18. The third kappa shape index (κ3) is 1.31. The van der Waals surface area contributed by atoms with Gasteiger partial charge in [-0.25, -0.2) is 0 Å². The number of hydrogen-bond donors (Lipinski definition) is 2. The standard InChI is InChI=1S/C10H12N2O/c11-6-5-8-7-3-1-2-4-9(7)12-10(8)13/h1-4,8H,5-6,11H2,(H,12,13)/p+1. The van der Waals surface area contributed by atoms with Crippen LogP contribution >= 0.6 is 0 Å². The molecule has 1 aromatic rings. The van der Waals surface area contributed by atoms with Crippen LogP contribution < -0.4 is 11.1 Å². The molecule has 1 aliphatic rings. The Bertz CT molecular complexity index is 335. The van der Waals surface area contributed by atoms with Crippen LogP contribution in [0, 0.1) is 0 Å². The van der Waals surface area contributed by atoms with E-state index < -0.39 is 0 Å². The van der Waals surface area contributed by atoms with Crippen LogP contribution in [-0.4, -0.2) is 12.5 Å². The largest absolute Gasteiger partial charge is 0.358 e. The van der Waals surface area contributed by atoms with Crippen LogP contribution in [0.15, 0.2) is 24.3 Å². The molecule has 0 saturated heterocycles. The highest BCUT2D eigenvalue weighted by molar-refractivity contribution is 6.02. The van der Waals surface area contributed by atoms with E-state index in [1.54, 1.807) is 0 Å². The van der Waals surface area contributed by atoms with E-state index in [1.165, 1.54) is 0 Å². The first-order chi connectivity index (χ1) is 6.33. The van der Waals surface area contributed by atoms with Crippen LogP contribution in [0.25, 0.3) is 0 Å². The lowest BCUT2D eigenvalue weighted by molar-refractivity contribution is -0.368. The molecule has 0 saturated carbocycles. The monoisotopic (exact) mass is 177 g/mol. The van der Waals surface area contributed by atoms with Crippen molar-refractivity contribution >= 4 is 11.6 Å². The van der Waals surface area contributed by atoms with E-state index in [4.69, 9.17) is 0 Å². The molecule has 0 aliphatic carbocycles. The van der Waals surface area contributed by atoms with E-state index in [0.717, 1.165) is 24.2 Å². The Kier molecular flexibility index (Phi) is 2.02. The fourth-order valence-corrected chi connectivity index (χ4v) is 1.77. The number of quaternary nitrogens is 1. The van der Waals surface area contributed by atoms with E-state index in [-0.39, 0.29) is 11.8 Å². The molecule has 0 aromatic heterocycles. The third-order valence-corrected chi connectivity index (χ3v) is 2.40. The third-order valence-electron chi connectivity index (χ3n) is 2.40. The fraction of sp³-hybridized carbons (Fsp3) is 0.300. The molecule has 2 rings (SSSR count). The molecule has 68 valence electrons. The predicted molar refractivity (Wildman–Crippen MR) is 50.2 cm³/mol. The molecule has 4 N–H and O–H groups in total. The van der Waals surface area contributed by atoms with Gasteiger partial charge in [0.05, 0.1) is 12.5 Å². The van der Waals surface area contributed by atoms with Gasteiger partial charge in [-0.05, 0) is 11.6 Å². The zero-order valence-corrected chi connectivity index (χ0v) is 7.42. The maximum atomic E-state index is 11.5. The summed E-state index contributed by atoms with van der Waals surface area (Å²) >= 11 is 0. The van der Waals surface area contributed by atoms with Crippen molar-refractivity contribution in [2.75, 3.05) is 11.9 Å². The van der Waals surface area contributed by atoms with E-state index in [0.29, 0.717) is 0 Å². The number of para-hydroxylation sites is 1. The maximum absolute atomic E-state index is 11.5. The smallest absolute Gasteiger partial charge is 0.232 e. The van der Waals surface area contributed by atoms with Gasteiger partial charge in [0.1, 0.15) is 0 Å². The van der Waals surface area contributed by atoms with Gasteiger partial charge in [-0.3, -0.25) is 4.79 Å². The van der Waals surface area contributed by atoms with Crippen molar-refractivity contribution in [2.45, 2.75) is 12.3 Å². The minimum Gasteiger partial charge on any atom is -0.358 e. The lowest BCUT2D eigenvalue weighted by Crippen LogP contribution is -2.50. The van der Waals surface area contributed by atoms with Crippen LogP contribution in [-0.2, 0) is 4.79 Å². The zero-order chi connectivity index (χ0) is 9.26. The molecule has 1 unspecified atom stereocenters. The fourth-order valence-electron chi connectivity index (χ4n) is 1.77. The first kappa shape index (κ1) is 8.26. The normalized spacial score (nSPS) is 19.8. The second-order valence-electron chi connectivity index (χ2n) is 3.27. The Morgan fingerprint density at radius 2 is 2.15 bits per heavy atom. The van der Waals surface area contributed by atoms with Crippen molar-refractivity contribution < 1.29 is 10.5 Å². The molecule has 1 aromatic carbocycles. The number of carbonyl (C=O) groups is 1. The first-order valence-electron chi connectivity index (χ1n) is 4.52. The highest BCUT2D eigenvalue weighted by Gasteiger charge is 2.29. The number of rotatable bonds is 2. The SMILES string of the molecule is [NH3+]CCC1C(=O)Nc2ccccc21. The molecule has 1 amide bonds. The topological polar surface area (TPSA) is 56.7 Å². The lowest BCUT2D eigenvalue weighted by atomic mass is 9.97. The molecule has 3 heteroatoms. The average molecular weight is 177 g/mol. The predicted octanol–water partition coefficient (Wildman–Crippen LogP) is 0.354. The minimum atomic E-state index is 0.0219. The number of amides is 1. The van der Waals surface area contributed by atoms with Crippen molar-refractivity contribution in [2.24, 2.45) is 0 Å². The number of fused-ring (bicyclic) bond motifs is 1. The van der Waals surface area contributed by atoms with Crippen LogP contribution in [0.5, 0.6) is 0 Å². The molecular formula is C10H13N2O+. The molecule has 0 spiro atoms. The summed E-state index contributed by atoms with van der Waals surface area (Å²) in [6, 6.07) is 7.85. The number of hydrogen-bond acceptors (Lipinski definition) is 1. The van der Waals surface area contributed by atoms with Gasteiger partial charge in [-0.2, -0.15) is 0 Å². The van der Waals surface area contributed by atoms with Gasteiger partial charge in [0.2, 0.25) is 5.91 Å². The molecule has 0 bridgehead atoms. The average Bonchev–Trinajstić information content (AvgIpc) is 2.44. The summed E-state index contributed by atoms with van der Waals surface area (Å²) in [5.41, 5.74) is 5.86. The van der Waals surface area contributed by atoms with E-state index in [9.17, 15) is 4.79 Å². The Morgan fingerprint density at radius 1 is 1.38 bits per heavy atom. The van der Waals surface area contributed by atoms with Crippen molar-refractivity contribution in [3.05, 3.63) is 29.8 Å². The molecule has 0 fully saturated rings. The highest BCUT2D eigenvalue weighted by atomic mass is 16.2. The number of anilines is 1. The number of nitrogens with one attached hydrogen (secondary N) is 1. The van der Waals surface area contributed by atoms with Gasteiger partial charge in [0.25, 0.3) is 0 Å². The second-order valence-corrected chi connectivity index (χ2v) is 3.27. The van der Waals surface area contributed by atoms with Gasteiger partial charge < -0.3 is 11.1 Å². The van der Waals surface area contributed by atoms with Gasteiger partial charge in [-0.1, -0.05) is 18.2 Å². The zero-order valence-electron chi connectivity index (χ0n) is 7.42. The van der Waals surface area contributed by atoms with Gasteiger partial charge in [-0.15, -0.1) is 0 Å². The Balaban J connectivity index is 2.35. The van der Waals surface area contributed by atoms with Crippen molar-refractivity contribution in [3.63, 3.8) is 0 Å². The molecule has 1 aliphatic heterocycles. The van der Waals surface area contributed by atoms with Crippen LogP contribution in [0.3, 0.4) is 0 Å². The summed E-state index contributed by atoms with van der Waals surface area (Å²) < 4.78 is 0. The summed E-state index contributed by atoms with van der Waals surface area (Å²) in [6.45, 7) is 0.798. The molecule has 3 nitrogen and oxygen atoms in total. The van der Waals surface area contributed by atoms with Crippen molar-refractivity contribution in [1.29, 1.82) is 0 Å². The summed E-state index contributed by atoms with van der Waals surface area (Å²) in [7, 11) is 0. The maximum Gasteiger partial charge on any atom is 0.232 e.